The lowest BCUT2D eigenvalue weighted by Crippen LogP contribution is -2.42. The topological polar surface area (TPSA) is 101 Å². The minimum absolute atomic E-state index is 0.172. The molecule has 0 spiro atoms. The lowest BCUT2D eigenvalue weighted by molar-refractivity contribution is -0.147. The summed E-state index contributed by atoms with van der Waals surface area (Å²) in [6.45, 7) is 2.76. The van der Waals surface area contributed by atoms with Gasteiger partial charge in [-0.25, -0.2) is 0 Å². The van der Waals surface area contributed by atoms with E-state index < -0.39 is 23.2 Å². The molecule has 0 atom stereocenters. The van der Waals surface area contributed by atoms with Crippen molar-refractivity contribution in [1.29, 1.82) is 0 Å². The zero-order chi connectivity index (χ0) is 14.4. The summed E-state index contributed by atoms with van der Waals surface area (Å²) in [5.74, 6) is -2.04. The molecule has 1 heterocycles. The second-order valence-corrected chi connectivity index (χ2v) is 5.19. The molecule has 1 aromatic carbocycles. The average Bonchev–Trinajstić information content (AvgIpc) is 2.54. The second-order valence-electron chi connectivity index (χ2n) is 5.19. The molecule has 0 unspecified atom stereocenters. The van der Waals surface area contributed by atoms with Crippen molar-refractivity contribution in [3.8, 4) is 0 Å². The molecule has 1 aromatic rings. The normalized spacial score (nSPS) is 14.7. The average molecular weight is 262 g/mol. The van der Waals surface area contributed by atoms with Crippen molar-refractivity contribution in [2.75, 3.05) is 12.3 Å². The fraction of sp³-hybridized carbons (Fsp3) is 0.308. The Morgan fingerprint density at radius 1 is 1.26 bits per heavy atom. The van der Waals surface area contributed by atoms with Gasteiger partial charge in [0.2, 0.25) is 0 Å². The number of fused-ring (bicyclic) bond motifs is 1. The van der Waals surface area contributed by atoms with Crippen LogP contribution < -0.4 is 5.73 Å². The maximum Gasteiger partial charge on any atom is 0.310 e. The Morgan fingerprint density at radius 2 is 1.84 bits per heavy atom. The van der Waals surface area contributed by atoms with Crippen LogP contribution in [0.3, 0.4) is 0 Å². The zero-order valence-electron chi connectivity index (χ0n) is 10.6. The second kappa shape index (κ2) is 4.08. The van der Waals surface area contributed by atoms with E-state index in [0.29, 0.717) is 5.69 Å². The molecule has 3 N–H and O–H groups in total. The Balaban J connectivity index is 2.36. The first-order chi connectivity index (χ1) is 8.74. The van der Waals surface area contributed by atoms with Crippen LogP contribution in [0, 0.1) is 5.41 Å². The highest BCUT2D eigenvalue weighted by atomic mass is 16.4. The van der Waals surface area contributed by atoms with E-state index in [1.807, 2.05) is 0 Å². The number of nitrogens with zero attached hydrogens (tertiary/aromatic N) is 1. The van der Waals surface area contributed by atoms with Crippen LogP contribution >= 0.6 is 0 Å². The third-order valence-corrected chi connectivity index (χ3v) is 3.13. The molecule has 0 radical (unpaired) electrons. The summed E-state index contributed by atoms with van der Waals surface area (Å²) in [7, 11) is 0. The number of carbonyl (C=O) groups is 3. The number of benzene rings is 1. The van der Waals surface area contributed by atoms with Gasteiger partial charge < -0.3 is 10.8 Å². The molecule has 2 amide bonds. The standard InChI is InChI=1S/C13H14N2O4/c1-13(2,12(18)19)6-15-10(16)8-4-3-7(14)5-9(8)11(15)17/h3-5H,6,14H2,1-2H3,(H,18,19). The van der Waals surface area contributed by atoms with Crippen LogP contribution in [0.2, 0.25) is 0 Å². The first-order valence-electron chi connectivity index (χ1n) is 5.73. The van der Waals surface area contributed by atoms with Crippen LogP contribution in [-0.4, -0.2) is 34.3 Å². The highest BCUT2D eigenvalue weighted by Crippen LogP contribution is 2.28. The van der Waals surface area contributed by atoms with Crippen LogP contribution in [0.15, 0.2) is 18.2 Å². The molecule has 1 aliphatic rings. The molecular formula is C13H14N2O4. The Kier molecular flexibility index (Phi) is 2.81. The van der Waals surface area contributed by atoms with Crippen molar-refractivity contribution in [1.82, 2.24) is 4.90 Å². The first kappa shape index (κ1) is 13.1. The van der Waals surface area contributed by atoms with Crippen molar-refractivity contribution >= 4 is 23.5 Å². The van der Waals surface area contributed by atoms with Crippen molar-refractivity contribution < 1.29 is 19.5 Å². The number of carboxylic acids is 1. The number of imide groups is 1. The summed E-state index contributed by atoms with van der Waals surface area (Å²) >= 11 is 0. The fourth-order valence-electron chi connectivity index (χ4n) is 1.91. The summed E-state index contributed by atoms with van der Waals surface area (Å²) in [6, 6.07) is 4.46. The smallest absolute Gasteiger partial charge is 0.310 e. The number of carboxylic acid groups (broad SMARTS) is 1. The van der Waals surface area contributed by atoms with Gasteiger partial charge in [0.05, 0.1) is 16.5 Å². The number of hydrogen-bond acceptors (Lipinski definition) is 4. The molecule has 19 heavy (non-hydrogen) atoms. The van der Waals surface area contributed by atoms with Crippen LogP contribution in [0.25, 0.3) is 0 Å². The van der Waals surface area contributed by atoms with E-state index in [9.17, 15) is 14.4 Å². The van der Waals surface area contributed by atoms with Crippen molar-refractivity contribution in [2.45, 2.75) is 13.8 Å². The highest BCUT2D eigenvalue weighted by molar-refractivity contribution is 6.21. The molecule has 0 saturated carbocycles. The number of aliphatic carboxylic acids is 1. The summed E-state index contributed by atoms with van der Waals surface area (Å²) in [5.41, 5.74) is 5.27. The van der Waals surface area contributed by atoms with Gasteiger partial charge in [-0.3, -0.25) is 19.3 Å². The molecule has 100 valence electrons. The SMILES string of the molecule is CC(C)(CN1C(=O)c2ccc(N)cc2C1=O)C(=O)O. The third-order valence-electron chi connectivity index (χ3n) is 3.13. The molecule has 6 nitrogen and oxygen atoms in total. The number of amides is 2. The molecular weight excluding hydrogens is 248 g/mol. The van der Waals surface area contributed by atoms with Crippen LogP contribution in [0.5, 0.6) is 0 Å². The number of carbonyl (C=O) groups excluding carboxylic acids is 2. The van der Waals surface area contributed by atoms with Crippen molar-refractivity contribution in [2.24, 2.45) is 5.41 Å². The molecule has 2 rings (SSSR count). The highest BCUT2D eigenvalue weighted by Gasteiger charge is 2.41. The van der Waals surface area contributed by atoms with E-state index in [2.05, 4.69) is 0 Å². The fourth-order valence-corrected chi connectivity index (χ4v) is 1.91. The van der Waals surface area contributed by atoms with E-state index in [0.717, 1.165) is 4.90 Å². The lowest BCUT2D eigenvalue weighted by Gasteiger charge is -2.24. The monoisotopic (exact) mass is 262 g/mol. The van der Waals surface area contributed by atoms with Gasteiger partial charge in [-0.05, 0) is 32.0 Å². The minimum atomic E-state index is -1.20. The van der Waals surface area contributed by atoms with Gasteiger partial charge in [0.25, 0.3) is 11.8 Å². The summed E-state index contributed by atoms with van der Waals surface area (Å²) in [6.07, 6.45) is 0. The van der Waals surface area contributed by atoms with Gasteiger partial charge in [-0.1, -0.05) is 0 Å². The molecule has 0 aliphatic carbocycles. The summed E-state index contributed by atoms with van der Waals surface area (Å²) < 4.78 is 0. The van der Waals surface area contributed by atoms with Gasteiger partial charge in [0.15, 0.2) is 0 Å². The van der Waals surface area contributed by atoms with Gasteiger partial charge in [-0.15, -0.1) is 0 Å². The molecule has 6 heteroatoms. The number of rotatable bonds is 3. The molecule has 0 bridgehead atoms. The van der Waals surface area contributed by atoms with Gasteiger partial charge in [-0.2, -0.15) is 0 Å². The maximum atomic E-state index is 12.1. The van der Waals surface area contributed by atoms with Crippen molar-refractivity contribution in [3.63, 3.8) is 0 Å². The Bertz CT molecular complexity index is 592. The van der Waals surface area contributed by atoms with Crippen LogP contribution in [0.1, 0.15) is 34.6 Å². The zero-order valence-corrected chi connectivity index (χ0v) is 10.6. The molecule has 0 saturated heterocycles. The minimum Gasteiger partial charge on any atom is -0.481 e. The predicted octanol–water partition coefficient (Wildman–Crippen LogP) is 0.976. The van der Waals surface area contributed by atoms with Crippen LogP contribution in [0.4, 0.5) is 5.69 Å². The van der Waals surface area contributed by atoms with E-state index in [1.54, 1.807) is 0 Å². The summed E-state index contributed by atoms with van der Waals surface area (Å²) in [5, 5.41) is 9.07. The largest absolute Gasteiger partial charge is 0.481 e. The number of anilines is 1. The van der Waals surface area contributed by atoms with E-state index >= 15 is 0 Å². The molecule has 0 aromatic heterocycles. The Hall–Kier alpha value is -2.37. The van der Waals surface area contributed by atoms with E-state index in [4.69, 9.17) is 10.8 Å². The Morgan fingerprint density at radius 3 is 2.42 bits per heavy atom. The van der Waals surface area contributed by atoms with Crippen molar-refractivity contribution in [3.05, 3.63) is 29.3 Å². The number of nitrogens with two attached hydrogens (primary N) is 1. The first-order valence-corrected chi connectivity index (χ1v) is 5.73. The third kappa shape index (κ3) is 2.05. The summed E-state index contributed by atoms with van der Waals surface area (Å²) in [4.78, 5) is 36.2. The van der Waals surface area contributed by atoms with Gasteiger partial charge in [0, 0.05) is 12.2 Å². The van der Waals surface area contributed by atoms with Crippen LogP contribution in [-0.2, 0) is 4.79 Å². The predicted molar refractivity (Wildman–Crippen MR) is 67.6 cm³/mol. The number of nitrogen functional groups attached to an aromatic ring is 1. The van der Waals surface area contributed by atoms with E-state index in [1.165, 1.54) is 32.0 Å². The lowest BCUT2D eigenvalue weighted by atomic mass is 9.93. The molecule has 1 aliphatic heterocycles. The Labute approximate surface area is 109 Å². The maximum absolute atomic E-state index is 12.1. The van der Waals surface area contributed by atoms with Gasteiger partial charge in [0.1, 0.15) is 0 Å². The molecule has 0 fully saturated rings. The van der Waals surface area contributed by atoms with Gasteiger partial charge >= 0.3 is 5.97 Å². The van der Waals surface area contributed by atoms with E-state index in [-0.39, 0.29) is 17.7 Å². The quantitative estimate of drug-likeness (QED) is 0.624. The number of hydrogen-bond donors (Lipinski definition) is 2.